The third-order valence-electron chi connectivity index (χ3n) is 4.92. The van der Waals surface area contributed by atoms with Crippen LogP contribution in [0.3, 0.4) is 0 Å². The number of rotatable bonds is 6. The van der Waals surface area contributed by atoms with Crippen LogP contribution >= 0.6 is 11.6 Å². The molecule has 0 bridgehead atoms. The second-order valence-corrected chi connectivity index (χ2v) is 7.54. The number of carbonyl (C=O) groups is 2. The first kappa shape index (κ1) is 23.4. The summed E-state index contributed by atoms with van der Waals surface area (Å²) < 4.78 is 0. The number of halogens is 1. The molecule has 0 atom stereocenters. The molecule has 0 aliphatic carbocycles. The molecule has 6 nitrogen and oxygen atoms in total. The van der Waals surface area contributed by atoms with Gasteiger partial charge in [-0.3, -0.25) is 4.90 Å². The molecule has 1 heterocycles. The topological polar surface area (TPSA) is 81.1 Å². The highest BCUT2D eigenvalue weighted by atomic mass is 35.5. The minimum atomic E-state index is -1.26. The van der Waals surface area contributed by atoms with E-state index in [1.807, 2.05) is 12.1 Å². The van der Waals surface area contributed by atoms with E-state index in [1.54, 1.807) is 0 Å². The van der Waals surface area contributed by atoms with E-state index in [0.29, 0.717) is 18.2 Å². The Morgan fingerprint density at radius 3 is 2.03 bits per heavy atom. The van der Waals surface area contributed by atoms with Crippen molar-refractivity contribution < 1.29 is 19.8 Å². The van der Waals surface area contributed by atoms with E-state index in [0.717, 1.165) is 24.7 Å². The summed E-state index contributed by atoms with van der Waals surface area (Å²) >= 11 is 5.97. The summed E-state index contributed by atoms with van der Waals surface area (Å²) in [6.07, 6.45) is 3.54. The van der Waals surface area contributed by atoms with Crippen molar-refractivity contribution in [2.45, 2.75) is 25.4 Å². The molecule has 0 saturated carbocycles. The molecule has 0 unspecified atom stereocenters. The minimum absolute atomic E-state index is 0.558. The Bertz CT molecular complexity index is 816. The van der Waals surface area contributed by atoms with Gasteiger partial charge in [0.15, 0.2) is 0 Å². The summed E-state index contributed by atoms with van der Waals surface area (Å²) in [7, 11) is 2.25. The molecule has 2 aromatic carbocycles. The maximum atomic E-state index is 9.55. The highest BCUT2D eigenvalue weighted by molar-refractivity contribution is 6.30. The molecule has 1 fully saturated rings. The normalized spacial score (nSPS) is 14.4. The number of anilines is 1. The summed E-state index contributed by atoms with van der Waals surface area (Å²) in [6.45, 7) is 3.27. The maximum absolute atomic E-state index is 9.55. The maximum Gasteiger partial charge on any atom is 0.328 e. The van der Waals surface area contributed by atoms with E-state index in [1.165, 1.54) is 24.1 Å². The van der Waals surface area contributed by atoms with Crippen molar-refractivity contribution in [3.05, 3.63) is 77.3 Å². The van der Waals surface area contributed by atoms with Crippen LogP contribution in [0.25, 0.3) is 0 Å². The third-order valence-corrected chi connectivity index (χ3v) is 5.17. The van der Waals surface area contributed by atoms with Gasteiger partial charge in [0.1, 0.15) is 0 Å². The fraction of sp³-hybridized carbons (Fsp3) is 0.304. The lowest BCUT2D eigenvalue weighted by molar-refractivity contribution is -0.134. The summed E-state index contributed by atoms with van der Waals surface area (Å²) in [5.41, 5.74) is 2.68. The average molecular weight is 431 g/mol. The first-order chi connectivity index (χ1) is 14.3. The molecule has 2 aromatic rings. The lowest BCUT2D eigenvalue weighted by Crippen LogP contribution is -2.43. The van der Waals surface area contributed by atoms with E-state index >= 15 is 0 Å². The Balaban J connectivity index is 0.000000343. The summed E-state index contributed by atoms with van der Waals surface area (Å²) in [5, 5.41) is 16.4. The van der Waals surface area contributed by atoms with Gasteiger partial charge in [0.2, 0.25) is 0 Å². The van der Waals surface area contributed by atoms with Gasteiger partial charge in [0.05, 0.1) is 0 Å². The van der Waals surface area contributed by atoms with Crippen LogP contribution in [-0.4, -0.2) is 53.2 Å². The lowest BCUT2D eigenvalue weighted by Gasteiger charge is -2.38. The van der Waals surface area contributed by atoms with Gasteiger partial charge in [-0.15, -0.1) is 0 Å². The van der Waals surface area contributed by atoms with Crippen molar-refractivity contribution in [1.82, 2.24) is 4.90 Å². The highest BCUT2D eigenvalue weighted by Gasteiger charge is 2.22. The van der Waals surface area contributed by atoms with Crippen LogP contribution in [0.5, 0.6) is 0 Å². The SMILES string of the molecule is CN(Cc1ccccc1)C1CCN(c2ccc(Cl)cc2)CC1.O=C(O)/C=C/C(=O)O. The van der Waals surface area contributed by atoms with Crippen LogP contribution in [0.4, 0.5) is 5.69 Å². The Hall–Kier alpha value is -2.83. The van der Waals surface area contributed by atoms with Gasteiger partial charge in [-0.2, -0.15) is 0 Å². The summed E-state index contributed by atoms with van der Waals surface area (Å²) in [4.78, 5) is 24.1. The Morgan fingerprint density at radius 2 is 1.53 bits per heavy atom. The van der Waals surface area contributed by atoms with Gasteiger partial charge in [0.25, 0.3) is 0 Å². The number of hydrogen-bond donors (Lipinski definition) is 2. The predicted molar refractivity (Wildman–Crippen MR) is 119 cm³/mol. The van der Waals surface area contributed by atoms with Crippen LogP contribution in [0, 0.1) is 0 Å². The van der Waals surface area contributed by atoms with E-state index in [-0.39, 0.29) is 0 Å². The first-order valence-electron chi connectivity index (χ1n) is 9.73. The van der Waals surface area contributed by atoms with Crippen molar-refractivity contribution in [2.75, 3.05) is 25.0 Å². The van der Waals surface area contributed by atoms with Gasteiger partial charge < -0.3 is 15.1 Å². The highest BCUT2D eigenvalue weighted by Crippen LogP contribution is 2.24. The molecule has 0 spiro atoms. The zero-order valence-corrected chi connectivity index (χ0v) is 17.7. The van der Waals surface area contributed by atoms with Crippen molar-refractivity contribution >= 4 is 29.2 Å². The molecular weight excluding hydrogens is 404 g/mol. The summed E-state index contributed by atoms with van der Waals surface area (Å²) in [6, 6.07) is 19.6. The number of aliphatic carboxylic acids is 2. The van der Waals surface area contributed by atoms with Crippen molar-refractivity contribution in [1.29, 1.82) is 0 Å². The molecule has 3 rings (SSSR count). The molecule has 1 aliphatic rings. The van der Waals surface area contributed by atoms with Gasteiger partial charge in [-0.1, -0.05) is 41.9 Å². The number of piperidine rings is 1. The summed E-state index contributed by atoms with van der Waals surface area (Å²) in [5.74, 6) is -2.51. The zero-order valence-electron chi connectivity index (χ0n) is 16.9. The predicted octanol–water partition coefficient (Wildman–Crippen LogP) is 4.15. The fourth-order valence-corrected chi connectivity index (χ4v) is 3.49. The van der Waals surface area contributed by atoms with E-state index in [9.17, 15) is 9.59 Å². The van der Waals surface area contributed by atoms with Crippen LogP contribution in [0.15, 0.2) is 66.7 Å². The second-order valence-electron chi connectivity index (χ2n) is 7.11. The zero-order chi connectivity index (χ0) is 21.9. The largest absolute Gasteiger partial charge is 0.478 e. The van der Waals surface area contributed by atoms with E-state index in [4.69, 9.17) is 21.8 Å². The molecule has 2 N–H and O–H groups in total. The van der Waals surface area contributed by atoms with E-state index in [2.05, 4.69) is 59.3 Å². The van der Waals surface area contributed by atoms with Gasteiger partial charge in [0, 0.05) is 48.5 Å². The Kier molecular flexibility index (Phi) is 9.38. The van der Waals surface area contributed by atoms with Crippen LogP contribution < -0.4 is 4.90 Å². The number of benzene rings is 2. The Morgan fingerprint density at radius 1 is 1.00 bits per heavy atom. The quantitative estimate of drug-likeness (QED) is 0.670. The van der Waals surface area contributed by atoms with Gasteiger partial charge in [-0.25, -0.2) is 9.59 Å². The van der Waals surface area contributed by atoms with Gasteiger partial charge in [-0.05, 0) is 49.7 Å². The lowest BCUT2D eigenvalue weighted by atomic mass is 10.0. The smallest absolute Gasteiger partial charge is 0.328 e. The fourth-order valence-electron chi connectivity index (χ4n) is 3.36. The number of carboxylic acids is 2. The molecule has 160 valence electrons. The number of hydrogen-bond acceptors (Lipinski definition) is 4. The molecule has 0 radical (unpaired) electrons. The Labute approximate surface area is 182 Å². The first-order valence-corrected chi connectivity index (χ1v) is 10.1. The molecule has 0 aromatic heterocycles. The van der Waals surface area contributed by atoms with Crippen LogP contribution in [-0.2, 0) is 16.1 Å². The minimum Gasteiger partial charge on any atom is -0.478 e. The van der Waals surface area contributed by atoms with Crippen LogP contribution in [0.1, 0.15) is 18.4 Å². The molecular formula is C23H27ClN2O4. The van der Waals surface area contributed by atoms with E-state index < -0.39 is 11.9 Å². The molecule has 0 amide bonds. The monoisotopic (exact) mass is 430 g/mol. The van der Waals surface area contributed by atoms with Crippen molar-refractivity contribution in [2.24, 2.45) is 0 Å². The average Bonchev–Trinajstić information content (AvgIpc) is 2.74. The van der Waals surface area contributed by atoms with Crippen LogP contribution in [0.2, 0.25) is 5.02 Å². The number of nitrogens with zero attached hydrogens (tertiary/aromatic N) is 2. The molecule has 1 saturated heterocycles. The molecule has 1 aliphatic heterocycles. The second kappa shape index (κ2) is 12.0. The van der Waals surface area contributed by atoms with Gasteiger partial charge >= 0.3 is 11.9 Å². The number of carboxylic acid groups (broad SMARTS) is 2. The molecule has 30 heavy (non-hydrogen) atoms. The standard InChI is InChI=1S/C19H23ClN2.C4H4O4/c1-21(15-16-5-3-2-4-6-16)18-11-13-22(14-12-18)19-9-7-17(20)8-10-19;5-3(6)1-2-4(7)8/h2-10,18H,11-15H2,1H3;1-2H,(H,5,6)(H,7,8)/b;2-1+. The third kappa shape index (κ3) is 8.27. The van der Waals surface area contributed by atoms with Crippen molar-refractivity contribution in [3.8, 4) is 0 Å². The van der Waals surface area contributed by atoms with Crippen molar-refractivity contribution in [3.63, 3.8) is 0 Å². The molecule has 7 heteroatoms.